The summed E-state index contributed by atoms with van der Waals surface area (Å²) in [5.74, 6) is 0.857. The summed E-state index contributed by atoms with van der Waals surface area (Å²) < 4.78 is 0. The number of carbonyl (C=O) groups excluding carboxylic acids is 2. The van der Waals surface area contributed by atoms with Gasteiger partial charge in [-0.25, -0.2) is 0 Å². The van der Waals surface area contributed by atoms with Crippen LogP contribution in [0.15, 0.2) is 54.6 Å². The first-order valence-corrected chi connectivity index (χ1v) is 9.68. The van der Waals surface area contributed by atoms with Crippen molar-refractivity contribution in [3.63, 3.8) is 0 Å². The van der Waals surface area contributed by atoms with E-state index in [0.29, 0.717) is 12.3 Å². The van der Waals surface area contributed by atoms with E-state index in [2.05, 4.69) is 30.3 Å². The fourth-order valence-corrected chi connectivity index (χ4v) is 3.64. The van der Waals surface area contributed by atoms with Gasteiger partial charge in [-0.15, -0.1) is 0 Å². The van der Waals surface area contributed by atoms with E-state index in [4.69, 9.17) is 0 Å². The van der Waals surface area contributed by atoms with Gasteiger partial charge in [-0.05, 0) is 48.4 Å². The second-order valence-corrected chi connectivity index (χ2v) is 7.44. The molecule has 0 N–H and O–H groups in total. The van der Waals surface area contributed by atoms with Crippen LogP contribution in [0.4, 0.5) is 5.69 Å². The summed E-state index contributed by atoms with van der Waals surface area (Å²) in [5.41, 5.74) is 3.23. The van der Waals surface area contributed by atoms with Gasteiger partial charge in [0, 0.05) is 32.7 Å². The van der Waals surface area contributed by atoms with Crippen molar-refractivity contribution >= 4 is 17.5 Å². The Morgan fingerprint density at radius 1 is 0.963 bits per heavy atom. The number of piperidine rings is 1. The molecule has 4 nitrogen and oxygen atoms in total. The number of carbonyl (C=O) groups is 2. The van der Waals surface area contributed by atoms with Crippen LogP contribution in [0.1, 0.15) is 30.9 Å². The molecule has 1 saturated heterocycles. The summed E-state index contributed by atoms with van der Waals surface area (Å²) in [5, 5.41) is 0. The fraction of sp³-hybridized carbons (Fsp3) is 0.391. The molecule has 1 fully saturated rings. The van der Waals surface area contributed by atoms with Crippen molar-refractivity contribution in [3.8, 4) is 0 Å². The maximum Gasteiger partial charge on any atom is 0.226 e. The maximum atomic E-state index is 12.6. The molecule has 2 aromatic rings. The summed E-state index contributed by atoms with van der Waals surface area (Å²) in [6.07, 6.45) is 3.67. The lowest BCUT2D eigenvalue weighted by molar-refractivity contribution is -0.131. The van der Waals surface area contributed by atoms with Crippen molar-refractivity contribution in [1.82, 2.24) is 4.90 Å². The molecule has 3 rings (SSSR count). The van der Waals surface area contributed by atoms with E-state index in [9.17, 15) is 9.59 Å². The van der Waals surface area contributed by atoms with Crippen LogP contribution >= 0.6 is 0 Å². The first-order valence-electron chi connectivity index (χ1n) is 9.68. The van der Waals surface area contributed by atoms with Crippen molar-refractivity contribution in [2.75, 3.05) is 25.0 Å². The van der Waals surface area contributed by atoms with Crippen LogP contribution in [0.25, 0.3) is 0 Å². The van der Waals surface area contributed by atoms with E-state index in [1.54, 1.807) is 18.9 Å². The third-order valence-corrected chi connectivity index (χ3v) is 5.49. The van der Waals surface area contributed by atoms with Gasteiger partial charge >= 0.3 is 0 Å². The Labute approximate surface area is 161 Å². The number of nitrogens with zero attached hydrogens (tertiary/aromatic N) is 2. The summed E-state index contributed by atoms with van der Waals surface area (Å²) in [6.45, 7) is 3.24. The summed E-state index contributed by atoms with van der Waals surface area (Å²) in [6, 6.07) is 18.3. The minimum atomic E-state index is -0.00259. The molecule has 0 aliphatic carbocycles. The van der Waals surface area contributed by atoms with Crippen LogP contribution in [0.5, 0.6) is 0 Å². The lowest BCUT2D eigenvalue weighted by atomic mass is 9.90. The SMILES string of the molecule is CC(=O)N(C)c1ccc(CC(=O)N2CCC(Cc3ccccc3)CC2)cc1. The third kappa shape index (κ3) is 5.19. The van der Waals surface area contributed by atoms with E-state index in [0.717, 1.165) is 43.6 Å². The van der Waals surface area contributed by atoms with Gasteiger partial charge < -0.3 is 9.80 Å². The number of benzene rings is 2. The zero-order chi connectivity index (χ0) is 19.2. The van der Waals surface area contributed by atoms with Crippen molar-refractivity contribution in [1.29, 1.82) is 0 Å². The van der Waals surface area contributed by atoms with Gasteiger partial charge in [0.25, 0.3) is 0 Å². The molecule has 0 aromatic heterocycles. The molecule has 1 aliphatic heterocycles. The molecule has 0 unspecified atom stereocenters. The van der Waals surface area contributed by atoms with Gasteiger partial charge in [-0.3, -0.25) is 9.59 Å². The van der Waals surface area contributed by atoms with Gasteiger partial charge in [0.15, 0.2) is 0 Å². The molecule has 0 saturated carbocycles. The Morgan fingerprint density at radius 3 is 2.19 bits per heavy atom. The van der Waals surface area contributed by atoms with Crippen molar-refractivity contribution in [2.45, 2.75) is 32.6 Å². The standard InChI is InChI=1S/C23H28N2O2/c1-18(26)24(2)22-10-8-20(9-11-22)17-23(27)25-14-12-21(13-15-25)16-19-6-4-3-5-7-19/h3-11,21H,12-17H2,1-2H3. The van der Waals surface area contributed by atoms with Crippen LogP contribution in [0.3, 0.4) is 0 Å². The van der Waals surface area contributed by atoms with Crippen molar-refractivity contribution in [3.05, 3.63) is 65.7 Å². The molecule has 2 aromatic carbocycles. The Kier molecular flexibility index (Phi) is 6.28. The highest BCUT2D eigenvalue weighted by Crippen LogP contribution is 2.22. The largest absolute Gasteiger partial charge is 0.342 e. The Morgan fingerprint density at radius 2 is 1.59 bits per heavy atom. The van der Waals surface area contributed by atoms with Crippen LogP contribution < -0.4 is 4.90 Å². The Bertz CT molecular complexity index is 763. The first-order chi connectivity index (χ1) is 13.0. The molecule has 0 bridgehead atoms. The maximum absolute atomic E-state index is 12.6. The van der Waals surface area contributed by atoms with E-state index in [1.807, 2.05) is 29.2 Å². The second-order valence-electron chi connectivity index (χ2n) is 7.44. The highest BCUT2D eigenvalue weighted by atomic mass is 16.2. The quantitative estimate of drug-likeness (QED) is 0.812. The molecule has 0 radical (unpaired) electrons. The molecule has 1 heterocycles. The van der Waals surface area contributed by atoms with Crippen LogP contribution in [0, 0.1) is 5.92 Å². The molecule has 142 valence electrons. The predicted molar refractivity (Wildman–Crippen MR) is 109 cm³/mol. The summed E-state index contributed by atoms with van der Waals surface area (Å²) in [4.78, 5) is 27.6. The van der Waals surface area contributed by atoms with Gasteiger partial charge in [0.1, 0.15) is 0 Å². The molecular formula is C23H28N2O2. The highest BCUT2D eigenvalue weighted by Gasteiger charge is 2.23. The van der Waals surface area contributed by atoms with Crippen molar-refractivity contribution in [2.24, 2.45) is 5.92 Å². The van der Waals surface area contributed by atoms with Gasteiger partial charge in [0.05, 0.1) is 6.42 Å². The second kappa shape index (κ2) is 8.85. The van der Waals surface area contributed by atoms with Crippen molar-refractivity contribution < 1.29 is 9.59 Å². The zero-order valence-electron chi connectivity index (χ0n) is 16.2. The summed E-state index contributed by atoms with van der Waals surface area (Å²) >= 11 is 0. The Hall–Kier alpha value is -2.62. The number of rotatable bonds is 5. The minimum Gasteiger partial charge on any atom is -0.342 e. The molecule has 27 heavy (non-hydrogen) atoms. The smallest absolute Gasteiger partial charge is 0.226 e. The van der Waals surface area contributed by atoms with E-state index < -0.39 is 0 Å². The number of hydrogen-bond acceptors (Lipinski definition) is 2. The normalized spacial score (nSPS) is 14.8. The molecule has 2 amide bonds. The monoisotopic (exact) mass is 364 g/mol. The van der Waals surface area contributed by atoms with Crippen LogP contribution in [-0.2, 0) is 22.4 Å². The van der Waals surface area contributed by atoms with Gasteiger partial charge in [0.2, 0.25) is 11.8 Å². The number of likely N-dealkylation sites (tertiary alicyclic amines) is 1. The number of amides is 2. The van der Waals surface area contributed by atoms with Crippen LogP contribution in [-0.4, -0.2) is 36.9 Å². The molecule has 1 aliphatic rings. The molecule has 0 atom stereocenters. The van der Waals surface area contributed by atoms with Crippen LogP contribution in [0.2, 0.25) is 0 Å². The molecule has 4 heteroatoms. The van der Waals surface area contributed by atoms with E-state index in [1.165, 1.54) is 5.56 Å². The average Bonchev–Trinajstić information content (AvgIpc) is 2.69. The minimum absolute atomic E-state index is 0.00259. The van der Waals surface area contributed by atoms with Gasteiger partial charge in [-0.2, -0.15) is 0 Å². The first kappa shape index (κ1) is 19.2. The summed E-state index contributed by atoms with van der Waals surface area (Å²) in [7, 11) is 1.75. The van der Waals surface area contributed by atoms with Gasteiger partial charge in [-0.1, -0.05) is 42.5 Å². The topological polar surface area (TPSA) is 40.6 Å². The number of anilines is 1. The van der Waals surface area contributed by atoms with E-state index >= 15 is 0 Å². The molecule has 0 spiro atoms. The molecular weight excluding hydrogens is 336 g/mol. The lowest BCUT2D eigenvalue weighted by Gasteiger charge is -2.32. The van der Waals surface area contributed by atoms with E-state index in [-0.39, 0.29) is 11.8 Å². The number of hydrogen-bond donors (Lipinski definition) is 0. The Balaban J connectivity index is 1.49. The average molecular weight is 364 g/mol. The lowest BCUT2D eigenvalue weighted by Crippen LogP contribution is -2.39. The zero-order valence-corrected chi connectivity index (χ0v) is 16.2. The third-order valence-electron chi connectivity index (χ3n) is 5.49. The highest BCUT2D eigenvalue weighted by molar-refractivity contribution is 5.90. The predicted octanol–water partition coefficient (Wildman–Crippen LogP) is 3.69. The fourth-order valence-electron chi connectivity index (χ4n) is 3.64.